The summed E-state index contributed by atoms with van der Waals surface area (Å²) in [5.74, 6) is 0. The van der Waals surface area contributed by atoms with Crippen molar-refractivity contribution in [3.63, 3.8) is 0 Å². The lowest BCUT2D eigenvalue weighted by Crippen LogP contribution is -2.29. The Morgan fingerprint density at radius 1 is 1.29 bits per heavy atom. The molecule has 3 rings (SSSR count). The highest BCUT2D eigenvalue weighted by Gasteiger charge is 2.31. The maximum Gasteiger partial charge on any atom is 0.407 e. The first-order valence-electron chi connectivity index (χ1n) is 7.63. The first-order chi connectivity index (χ1) is 10.2. The summed E-state index contributed by atoms with van der Waals surface area (Å²) < 4.78 is 0. The molecule has 0 bridgehead atoms. The van der Waals surface area contributed by atoms with E-state index in [4.69, 9.17) is 0 Å². The van der Waals surface area contributed by atoms with E-state index >= 15 is 0 Å². The Labute approximate surface area is 125 Å². The van der Waals surface area contributed by atoms with Crippen molar-refractivity contribution in [1.29, 1.82) is 0 Å². The molecular formula is C17H22N2O2. The van der Waals surface area contributed by atoms with Gasteiger partial charge in [-0.05, 0) is 43.0 Å². The van der Waals surface area contributed by atoms with E-state index in [1.807, 2.05) is 6.07 Å². The van der Waals surface area contributed by atoms with Gasteiger partial charge in [-0.15, -0.1) is 0 Å². The molecule has 1 atom stereocenters. The van der Waals surface area contributed by atoms with Crippen LogP contribution in [0.25, 0.3) is 5.57 Å². The summed E-state index contributed by atoms with van der Waals surface area (Å²) >= 11 is 0. The zero-order valence-corrected chi connectivity index (χ0v) is 12.5. The van der Waals surface area contributed by atoms with Crippen LogP contribution in [0.5, 0.6) is 0 Å². The molecule has 21 heavy (non-hydrogen) atoms. The van der Waals surface area contributed by atoms with Crippen molar-refractivity contribution < 1.29 is 9.90 Å². The molecule has 1 aromatic rings. The van der Waals surface area contributed by atoms with E-state index in [9.17, 15) is 9.90 Å². The Balaban J connectivity index is 1.95. The normalized spacial score (nSPS) is 23.2. The fourth-order valence-electron chi connectivity index (χ4n) is 3.41. The number of hydrogen-bond acceptors (Lipinski definition) is 2. The zero-order valence-electron chi connectivity index (χ0n) is 12.5. The van der Waals surface area contributed by atoms with Gasteiger partial charge in [0.15, 0.2) is 0 Å². The third-order valence-electron chi connectivity index (χ3n) is 4.58. The van der Waals surface area contributed by atoms with Gasteiger partial charge in [0.05, 0.1) is 6.04 Å². The van der Waals surface area contributed by atoms with Crippen molar-refractivity contribution in [2.75, 3.05) is 26.7 Å². The van der Waals surface area contributed by atoms with Gasteiger partial charge in [-0.1, -0.05) is 30.3 Å². The van der Waals surface area contributed by atoms with Gasteiger partial charge in [0.1, 0.15) is 0 Å². The molecule has 1 unspecified atom stereocenters. The molecule has 4 heteroatoms. The molecular weight excluding hydrogens is 264 g/mol. The SMILES string of the molecule is CN1CC=C(c2ccccc2C2CCCN2C(=O)O)CC1. The molecule has 112 valence electrons. The van der Waals surface area contributed by atoms with E-state index < -0.39 is 6.09 Å². The summed E-state index contributed by atoms with van der Waals surface area (Å²) in [7, 11) is 2.13. The van der Waals surface area contributed by atoms with Crippen LogP contribution in [-0.4, -0.2) is 47.7 Å². The number of carboxylic acid groups (broad SMARTS) is 1. The van der Waals surface area contributed by atoms with Crippen molar-refractivity contribution in [2.45, 2.75) is 25.3 Å². The van der Waals surface area contributed by atoms with Gasteiger partial charge in [-0.2, -0.15) is 0 Å². The molecule has 0 radical (unpaired) electrons. The van der Waals surface area contributed by atoms with Crippen LogP contribution in [0.1, 0.15) is 36.4 Å². The highest BCUT2D eigenvalue weighted by molar-refractivity contribution is 5.71. The van der Waals surface area contributed by atoms with E-state index in [1.54, 1.807) is 4.90 Å². The first kappa shape index (κ1) is 14.1. The highest BCUT2D eigenvalue weighted by atomic mass is 16.4. The minimum Gasteiger partial charge on any atom is -0.465 e. The second kappa shape index (κ2) is 5.90. The Kier molecular flexibility index (Phi) is 3.97. The molecule has 0 aliphatic carbocycles. The maximum atomic E-state index is 11.4. The molecule has 1 N–H and O–H groups in total. The molecule has 4 nitrogen and oxygen atoms in total. The number of nitrogens with zero attached hydrogens (tertiary/aromatic N) is 2. The quantitative estimate of drug-likeness (QED) is 0.908. The van der Waals surface area contributed by atoms with Crippen LogP contribution < -0.4 is 0 Å². The second-order valence-corrected chi connectivity index (χ2v) is 5.96. The van der Waals surface area contributed by atoms with Crippen molar-refractivity contribution >= 4 is 11.7 Å². The monoisotopic (exact) mass is 286 g/mol. The summed E-state index contributed by atoms with van der Waals surface area (Å²) in [5, 5.41) is 9.39. The average molecular weight is 286 g/mol. The predicted molar refractivity (Wildman–Crippen MR) is 83.2 cm³/mol. The molecule has 0 aromatic heterocycles. The summed E-state index contributed by atoms with van der Waals surface area (Å²) in [6.45, 7) is 2.68. The van der Waals surface area contributed by atoms with Gasteiger partial charge >= 0.3 is 6.09 Å². The van der Waals surface area contributed by atoms with Crippen LogP contribution in [0, 0.1) is 0 Å². The molecule has 2 heterocycles. The lowest BCUT2D eigenvalue weighted by molar-refractivity contribution is 0.140. The van der Waals surface area contributed by atoms with Crippen LogP contribution in [0.2, 0.25) is 0 Å². The smallest absolute Gasteiger partial charge is 0.407 e. The fourth-order valence-corrected chi connectivity index (χ4v) is 3.41. The topological polar surface area (TPSA) is 43.8 Å². The number of hydrogen-bond donors (Lipinski definition) is 1. The van der Waals surface area contributed by atoms with E-state index in [0.29, 0.717) is 6.54 Å². The number of amides is 1. The Morgan fingerprint density at radius 2 is 2.10 bits per heavy atom. The minimum atomic E-state index is -0.801. The third-order valence-corrected chi connectivity index (χ3v) is 4.58. The summed E-state index contributed by atoms with van der Waals surface area (Å²) in [6.07, 6.45) is 4.39. The van der Waals surface area contributed by atoms with Crippen molar-refractivity contribution in [3.05, 3.63) is 41.5 Å². The van der Waals surface area contributed by atoms with Crippen molar-refractivity contribution in [3.8, 4) is 0 Å². The molecule has 0 spiro atoms. The fraction of sp³-hybridized carbons (Fsp3) is 0.471. The predicted octanol–water partition coefficient (Wildman–Crippen LogP) is 3.22. The highest BCUT2D eigenvalue weighted by Crippen LogP contribution is 2.37. The molecule has 1 fully saturated rings. The first-order valence-corrected chi connectivity index (χ1v) is 7.63. The van der Waals surface area contributed by atoms with Crippen LogP contribution >= 0.6 is 0 Å². The second-order valence-electron chi connectivity index (χ2n) is 5.96. The van der Waals surface area contributed by atoms with Crippen molar-refractivity contribution in [1.82, 2.24) is 9.80 Å². The van der Waals surface area contributed by atoms with Gasteiger partial charge in [-0.25, -0.2) is 4.79 Å². The largest absolute Gasteiger partial charge is 0.465 e. The van der Waals surface area contributed by atoms with Crippen LogP contribution in [-0.2, 0) is 0 Å². The molecule has 1 saturated heterocycles. The van der Waals surface area contributed by atoms with Crippen LogP contribution in [0.4, 0.5) is 4.79 Å². The lowest BCUT2D eigenvalue weighted by Gasteiger charge is -2.27. The number of carbonyl (C=O) groups is 1. The summed E-state index contributed by atoms with van der Waals surface area (Å²) in [4.78, 5) is 15.3. The number of benzene rings is 1. The minimum absolute atomic E-state index is 0.0132. The lowest BCUT2D eigenvalue weighted by atomic mass is 9.90. The Morgan fingerprint density at radius 3 is 2.81 bits per heavy atom. The van der Waals surface area contributed by atoms with Gasteiger partial charge in [0, 0.05) is 19.6 Å². The number of likely N-dealkylation sites (N-methyl/N-ethyl adjacent to an activating group) is 1. The Hall–Kier alpha value is -1.81. The summed E-state index contributed by atoms with van der Waals surface area (Å²) in [6, 6.07) is 8.33. The maximum absolute atomic E-state index is 11.4. The van der Waals surface area contributed by atoms with E-state index in [2.05, 4.69) is 36.2 Å². The van der Waals surface area contributed by atoms with Gasteiger partial charge < -0.3 is 14.9 Å². The molecule has 1 amide bonds. The average Bonchev–Trinajstić information content (AvgIpc) is 2.98. The zero-order chi connectivity index (χ0) is 14.8. The standard InChI is InChI=1S/C17H22N2O2/c1-18-11-8-13(9-12-18)14-5-2-3-6-15(14)16-7-4-10-19(16)17(20)21/h2-3,5-6,8,16H,4,7,9-12H2,1H3,(H,20,21). The number of rotatable bonds is 2. The van der Waals surface area contributed by atoms with E-state index in [-0.39, 0.29) is 6.04 Å². The van der Waals surface area contributed by atoms with Gasteiger partial charge in [0.2, 0.25) is 0 Å². The van der Waals surface area contributed by atoms with Crippen LogP contribution in [0.15, 0.2) is 30.3 Å². The molecule has 2 aliphatic rings. The van der Waals surface area contributed by atoms with Gasteiger partial charge in [0.25, 0.3) is 0 Å². The molecule has 2 aliphatic heterocycles. The van der Waals surface area contributed by atoms with E-state index in [0.717, 1.165) is 32.4 Å². The van der Waals surface area contributed by atoms with Crippen molar-refractivity contribution in [2.24, 2.45) is 0 Å². The number of likely N-dealkylation sites (tertiary alicyclic amines) is 1. The summed E-state index contributed by atoms with van der Waals surface area (Å²) in [5.41, 5.74) is 3.78. The van der Waals surface area contributed by atoms with Gasteiger partial charge in [-0.3, -0.25) is 0 Å². The van der Waals surface area contributed by atoms with E-state index in [1.165, 1.54) is 16.7 Å². The third kappa shape index (κ3) is 2.81. The molecule has 1 aromatic carbocycles. The molecule has 0 saturated carbocycles. The Bertz CT molecular complexity index is 568. The van der Waals surface area contributed by atoms with Crippen LogP contribution in [0.3, 0.4) is 0 Å².